The third kappa shape index (κ3) is 4.26. The van der Waals surface area contributed by atoms with Crippen LogP contribution in [-0.4, -0.2) is 22.1 Å². The van der Waals surface area contributed by atoms with E-state index in [1.165, 1.54) is 6.07 Å². The molecule has 0 atom stereocenters. The van der Waals surface area contributed by atoms with Gasteiger partial charge in [0.25, 0.3) is 10.0 Å². The number of benzene rings is 2. The number of hydrogen-bond donors (Lipinski definition) is 2. The lowest BCUT2D eigenvalue weighted by Crippen LogP contribution is -2.14. The van der Waals surface area contributed by atoms with Gasteiger partial charge in [-0.2, -0.15) is 0 Å². The number of anilines is 2. The molecule has 0 fully saturated rings. The second kappa shape index (κ2) is 7.19. The average molecular weight is 332 g/mol. The summed E-state index contributed by atoms with van der Waals surface area (Å²) < 4.78 is 32.7. The SMILES string of the molecule is C=CCNc1ccc(NS(=O)(=O)c2ccc(OC)cc2C)cc1. The van der Waals surface area contributed by atoms with Crippen LogP contribution in [0.5, 0.6) is 5.75 Å². The van der Waals surface area contributed by atoms with E-state index >= 15 is 0 Å². The van der Waals surface area contributed by atoms with E-state index in [4.69, 9.17) is 4.74 Å². The quantitative estimate of drug-likeness (QED) is 0.763. The van der Waals surface area contributed by atoms with Crippen molar-refractivity contribution in [2.24, 2.45) is 0 Å². The molecule has 0 radical (unpaired) electrons. The van der Waals surface area contributed by atoms with Gasteiger partial charge in [-0.25, -0.2) is 8.42 Å². The van der Waals surface area contributed by atoms with Crippen LogP contribution in [0.4, 0.5) is 11.4 Å². The normalized spacial score (nSPS) is 10.9. The van der Waals surface area contributed by atoms with Crippen LogP contribution >= 0.6 is 0 Å². The molecule has 0 spiro atoms. The Labute approximate surface area is 137 Å². The van der Waals surface area contributed by atoms with Gasteiger partial charge in [-0.05, 0) is 55.0 Å². The van der Waals surface area contributed by atoms with Gasteiger partial charge in [0, 0.05) is 17.9 Å². The van der Waals surface area contributed by atoms with Crippen molar-refractivity contribution in [3.8, 4) is 5.75 Å². The second-order valence-corrected chi connectivity index (χ2v) is 6.63. The van der Waals surface area contributed by atoms with E-state index in [-0.39, 0.29) is 4.90 Å². The van der Waals surface area contributed by atoms with Crippen LogP contribution in [-0.2, 0) is 10.0 Å². The van der Waals surface area contributed by atoms with E-state index in [2.05, 4.69) is 16.6 Å². The molecule has 0 unspecified atom stereocenters. The van der Waals surface area contributed by atoms with Crippen molar-refractivity contribution in [1.82, 2.24) is 0 Å². The lowest BCUT2D eigenvalue weighted by Gasteiger charge is -2.12. The molecule has 0 saturated carbocycles. The Hall–Kier alpha value is -2.47. The highest BCUT2D eigenvalue weighted by Gasteiger charge is 2.17. The number of rotatable bonds is 7. The Morgan fingerprint density at radius 1 is 1.13 bits per heavy atom. The smallest absolute Gasteiger partial charge is 0.262 e. The van der Waals surface area contributed by atoms with Crippen LogP contribution in [0.3, 0.4) is 0 Å². The Balaban J connectivity index is 2.19. The molecular weight excluding hydrogens is 312 g/mol. The van der Waals surface area contributed by atoms with E-state index in [1.807, 2.05) is 12.1 Å². The first kappa shape index (κ1) is 16.9. The Morgan fingerprint density at radius 2 is 1.78 bits per heavy atom. The molecule has 122 valence electrons. The maximum absolute atomic E-state index is 12.5. The first-order valence-corrected chi connectivity index (χ1v) is 8.57. The summed E-state index contributed by atoms with van der Waals surface area (Å²) in [6.45, 7) is 6.02. The molecule has 0 bridgehead atoms. The minimum atomic E-state index is -3.64. The van der Waals surface area contributed by atoms with Crippen molar-refractivity contribution >= 4 is 21.4 Å². The molecule has 5 nitrogen and oxygen atoms in total. The third-order valence-electron chi connectivity index (χ3n) is 3.26. The van der Waals surface area contributed by atoms with Gasteiger partial charge in [0.2, 0.25) is 0 Å². The fourth-order valence-corrected chi connectivity index (χ4v) is 3.39. The molecular formula is C17H20N2O3S. The Bertz CT molecular complexity index is 784. The van der Waals surface area contributed by atoms with Crippen molar-refractivity contribution in [1.29, 1.82) is 0 Å². The zero-order valence-electron chi connectivity index (χ0n) is 13.2. The maximum atomic E-state index is 12.5. The molecule has 2 N–H and O–H groups in total. The second-order valence-electron chi connectivity index (χ2n) is 4.98. The van der Waals surface area contributed by atoms with Crippen LogP contribution in [0.2, 0.25) is 0 Å². The topological polar surface area (TPSA) is 67.4 Å². The molecule has 0 aliphatic rings. The van der Waals surface area contributed by atoms with E-state index in [0.717, 1.165) is 5.69 Å². The zero-order chi connectivity index (χ0) is 16.9. The lowest BCUT2D eigenvalue weighted by molar-refractivity contribution is 0.414. The maximum Gasteiger partial charge on any atom is 0.262 e. The van der Waals surface area contributed by atoms with E-state index in [9.17, 15) is 8.42 Å². The zero-order valence-corrected chi connectivity index (χ0v) is 14.0. The molecule has 6 heteroatoms. The Morgan fingerprint density at radius 3 is 2.35 bits per heavy atom. The largest absolute Gasteiger partial charge is 0.497 e. The van der Waals surface area contributed by atoms with E-state index in [1.54, 1.807) is 44.4 Å². The molecule has 0 aliphatic carbocycles. The van der Waals surface area contributed by atoms with Crippen molar-refractivity contribution in [3.05, 3.63) is 60.7 Å². The van der Waals surface area contributed by atoms with Crippen molar-refractivity contribution in [3.63, 3.8) is 0 Å². The molecule has 0 saturated heterocycles. The molecule has 2 aromatic rings. The standard InChI is InChI=1S/C17H20N2O3S/c1-4-11-18-14-5-7-15(8-6-14)19-23(20,21)17-10-9-16(22-3)12-13(17)2/h4-10,12,18-19H,1,11H2,2-3H3. The predicted octanol–water partition coefficient (Wildman–Crippen LogP) is 3.40. The molecule has 0 heterocycles. The monoisotopic (exact) mass is 332 g/mol. The van der Waals surface area contributed by atoms with Gasteiger partial charge in [-0.15, -0.1) is 6.58 Å². The van der Waals surface area contributed by atoms with E-state index in [0.29, 0.717) is 23.5 Å². The third-order valence-corrected chi connectivity index (χ3v) is 4.80. The average Bonchev–Trinajstić information content (AvgIpc) is 2.53. The number of aryl methyl sites for hydroxylation is 1. The molecule has 0 aliphatic heterocycles. The number of hydrogen-bond acceptors (Lipinski definition) is 4. The van der Waals surface area contributed by atoms with Crippen LogP contribution < -0.4 is 14.8 Å². The van der Waals surface area contributed by atoms with Crippen molar-refractivity contribution < 1.29 is 13.2 Å². The number of sulfonamides is 1. The predicted molar refractivity (Wildman–Crippen MR) is 93.7 cm³/mol. The summed E-state index contributed by atoms with van der Waals surface area (Å²) in [7, 11) is -2.10. The highest BCUT2D eigenvalue weighted by atomic mass is 32.2. The molecule has 0 aromatic heterocycles. The first-order valence-electron chi connectivity index (χ1n) is 7.08. The van der Waals surface area contributed by atoms with Gasteiger partial charge in [0.05, 0.1) is 12.0 Å². The lowest BCUT2D eigenvalue weighted by atomic mass is 10.2. The van der Waals surface area contributed by atoms with Gasteiger partial charge in [0.15, 0.2) is 0 Å². The van der Waals surface area contributed by atoms with Crippen molar-refractivity contribution in [2.45, 2.75) is 11.8 Å². The van der Waals surface area contributed by atoms with E-state index < -0.39 is 10.0 Å². The minimum absolute atomic E-state index is 0.229. The van der Waals surface area contributed by atoms with Crippen LogP contribution in [0.1, 0.15) is 5.56 Å². The summed E-state index contributed by atoms with van der Waals surface area (Å²) in [6, 6.07) is 11.9. The summed E-state index contributed by atoms with van der Waals surface area (Å²) in [5.74, 6) is 0.624. The fourth-order valence-electron chi connectivity index (χ4n) is 2.11. The summed E-state index contributed by atoms with van der Waals surface area (Å²) in [4.78, 5) is 0.229. The molecule has 0 amide bonds. The van der Waals surface area contributed by atoms with Crippen molar-refractivity contribution in [2.75, 3.05) is 23.7 Å². The number of ether oxygens (including phenoxy) is 1. The first-order chi connectivity index (χ1) is 11.0. The number of nitrogens with one attached hydrogen (secondary N) is 2. The van der Waals surface area contributed by atoms with Gasteiger partial charge in [-0.3, -0.25) is 4.72 Å². The van der Waals surface area contributed by atoms with Gasteiger partial charge in [-0.1, -0.05) is 6.08 Å². The fraction of sp³-hybridized carbons (Fsp3) is 0.176. The number of methoxy groups -OCH3 is 1. The highest BCUT2D eigenvalue weighted by molar-refractivity contribution is 7.92. The van der Waals surface area contributed by atoms with Crippen LogP contribution in [0.15, 0.2) is 60.0 Å². The summed E-state index contributed by atoms with van der Waals surface area (Å²) >= 11 is 0. The summed E-state index contributed by atoms with van der Waals surface area (Å²) in [5.41, 5.74) is 2.03. The highest BCUT2D eigenvalue weighted by Crippen LogP contribution is 2.24. The van der Waals surface area contributed by atoms with Gasteiger partial charge < -0.3 is 10.1 Å². The van der Waals surface area contributed by atoms with Gasteiger partial charge in [0.1, 0.15) is 5.75 Å². The molecule has 2 aromatic carbocycles. The Kier molecular flexibility index (Phi) is 5.28. The molecule has 23 heavy (non-hydrogen) atoms. The van der Waals surface area contributed by atoms with Gasteiger partial charge >= 0.3 is 0 Å². The minimum Gasteiger partial charge on any atom is -0.497 e. The van der Waals surface area contributed by atoms with Crippen LogP contribution in [0, 0.1) is 6.92 Å². The summed E-state index contributed by atoms with van der Waals surface area (Å²) in [5, 5.41) is 3.13. The van der Waals surface area contributed by atoms with Crippen LogP contribution in [0.25, 0.3) is 0 Å². The summed E-state index contributed by atoms with van der Waals surface area (Å²) in [6.07, 6.45) is 1.75. The molecule has 2 rings (SSSR count).